The number of aliphatic hydroxyl groups is 3. The molecule has 2 aromatic carbocycles. The number of aromatic nitrogens is 3. The molecule has 0 radical (unpaired) electrons. The fraction of sp³-hybridized carbons (Fsp3) is 0.318. The average molecular weight is 491 g/mol. The maximum absolute atomic E-state index is 11.8. The third-order valence-electron chi connectivity index (χ3n) is 5.44. The molecular weight excluding hydrogens is 468 g/mol. The second kappa shape index (κ2) is 9.72. The predicted octanol–water partition coefficient (Wildman–Crippen LogP) is 1.84. The largest absolute Gasteiger partial charge is 0.394 e. The van der Waals surface area contributed by atoms with Crippen molar-refractivity contribution in [3.63, 3.8) is 0 Å². The summed E-state index contributed by atoms with van der Waals surface area (Å²) in [7, 11) is 0. The molecule has 0 saturated carbocycles. The van der Waals surface area contributed by atoms with Gasteiger partial charge >= 0.3 is 0 Å². The first-order valence-corrected chi connectivity index (χ1v) is 11.0. The van der Waals surface area contributed by atoms with Crippen LogP contribution in [-0.2, 0) is 9.53 Å². The molecular formula is C22H23ClN4O5S. The standard InChI is InChI=1S/C22H23ClN4O5S/c1-12(29)24-17-19(31)18(30)16(11-28)32-21(17)27-22(33)26(13-7-3-2-4-8-13)20(25-27)14-9-5-6-10-15(14)23/h2-10,16-19,21,28,30-31H,11H2,1H3,(H,24,29)/t16-,17+,18+,19-,21+/m0/s1. The molecule has 11 heteroatoms. The summed E-state index contributed by atoms with van der Waals surface area (Å²) in [6.45, 7) is 0.733. The van der Waals surface area contributed by atoms with E-state index in [9.17, 15) is 20.1 Å². The molecule has 0 bridgehead atoms. The van der Waals surface area contributed by atoms with E-state index in [-0.39, 0.29) is 4.77 Å². The molecule has 9 nitrogen and oxygen atoms in total. The summed E-state index contributed by atoms with van der Waals surface area (Å²) in [5, 5.41) is 38.4. The zero-order valence-electron chi connectivity index (χ0n) is 17.6. The van der Waals surface area contributed by atoms with E-state index in [0.29, 0.717) is 16.4 Å². The topological polar surface area (TPSA) is 122 Å². The summed E-state index contributed by atoms with van der Waals surface area (Å²) in [5.41, 5.74) is 1.33. The Morgan fingerprint density at radius 3 is 2.45 bits per heavy atom. The Labute approximate surface area is 199 Å². The van der Waals surface area contributed by atoms with E-state index in [0.717, 1.165) is 5.69 Å². The summed E-state index contributed by atoms with van der Waals surface area (Å²) < 4.78 is 9.14. The number of para-hydroxylation sites is 1. The quantitative estimate of drug-likeness (QED) is 0.402. The van der Waals surface area contributed by atoms with E-state index in [4.69, 9.17) is 28.6 Å². The van der Waals surface area contributed by atoms with Gasteiger partial charge in [-0.3, -0.25) is 9.36 Å². The highest BCUT2D eigenvalue weighted by Crippen LogP contribution is 2.33. The third kappa shape index (κ3) is 4.45. The molecule has 4 N–H and O–H groups in total. The SMILES string of the molecule is CC(=O)N[C@@H]1[C@H](O)[C@H](O)[C@H](CO)O[C@H]1n1nc(-c2ccccc2Cl)n(-c2ccccc2)c1=S. The Morgan fingerprint density at radius 2 is 1.82 bits per heavy atom. The molecule has 0 spiro atoms. The van der Waals surface area contributed by atoms with Crippen molar-refractivity contribution in [1.29, 1.82) is 0 Å². The Kier molecular flexibility index (Phi) is 6.94. The minimum atomic E-state index is -1.43. The molecule has 1 aliphatic rings. The van der Waals surface area contributed by atoms with Crippen molar-refractivity contribution in [2.75, 3.05) is 6.61 Å². The van der Waals surface area contributed by atoms with Crippen LogP contribution in [0.5, 0.6) is 0 Å². The number of benzene rings is 2. The Balaban J connectivity index is 1.92. The van der Waals surface area contributed by atoms with Crippen LogP contribution in [0, 0.1) is 4.77 Å². The Morgan fingerprint density at radius 1 is 1.15 bits per heavy atom. The number of carbonyl (C=O) groups excluding carboxylic acids is 1. The van der Waals surface area contributed by atoms with Crippen LogP contribution >= 0.6 is 23.8 Å². The van der Waals surface area contributed by atoms with E-state index in [1.807, 2.05) is 36.4 Å². The van der Waals surface area contributed by atoms with Crippen molar-refractivity contribution in [1.82, 2.24) is 19.7 Å². The van der Waals surface area contributed by atoms with Gasteiger partial charge in [0.2, 0.25) is 10.7 Å². The highest BCUT2D eigenvalue weighted by molar-refractivity contribution is 7.71. The fourth-order valence-corrected chi connectivity index (χ4v) is 4.43. The molecule has 1 fully saturated rings. The third-order valence-corrected chi connectivity index (χ3v) is 6.14. The normalized spacial score (nSPS) is 25.1. The number of aliphatic hydroxyl groups excluding tert-OH is 3. The van der Waals surface area contributed by atoms with Gasteiger partial charge in [-0.15, -0.1) is 5.10 Å². The van der Waals surface area contributed by atoms with Crippen molar-refractivity contribution in [2.45, 2.75) is 37.5 Å². The van der Waals surface area contributed by atoms with Crippen LogP contribution in [0.15, 0.2) is 54.6 Å². The second-order valence-corrected chi connectivity index (χ2v) is 8.43. The molecule has 0 unspecified atom stereocenters. The predicted molar refractivity (Wildman–Crippen MR) is 123 cm³/mol. The number of rotatable bonds is 5. The van der Waals surface area contributed by atoms with Crippen LogP contribution in [0.25, 0.3) is 17.1 Å². The van der Waals surface area contributed by atoms with Crippen molar-refractivity contribution >= 4 is 29.7 Å². The molecule has 1 amide bonds. The monoisotopic (exact) mass is 490 g/mol. The zero-order valence-corrected chi connectivity index (χ0v) is 19.1. The number of carbonyl (C=O) groups is 1. The van der Waals surface area contributed by atoms with Gasteiger partial charge in [-0.2, -0.15) is 0 Å². The van der Waals surface area contributed by atoms with E-state index in [1.165, 1.54) is 11.6 Å². The fourth-order valence-electron chi connectivity index (χ4n) is 3.87. The molecule has 0 aliphatic carbocycles. The van der Waals surface area contributed by atoms with Gasteiger partial charge in [0.1, 0.15) is 24.4 Å². The smallest absolute Gasteiger partial charge is 0.217 e. The van der Waals surface area contributed by atoms with Crippen LogP contribution in [0.2, 0.25) is 5.02 Å². The molecule has 1 aliphatic heterocycles. The maximum atomic E-state index is 11.8. The first-order chi connectivity index (χ1) is 15.8. The number of nitrogens with zero attached hydrogens (tertiary/aromatic N) is 3. The van der Waals surface area contributed by atoms with Crippen molar-refractivity contribution in [2.24, 2.45) is 0 Å². The molecule has 33 heavy (non-hydrogen) atoms. The lowest BCUT2D eigenvalue weighted by Crippen LogP contribution is -2.62. The highest BCUT2D eigenvalue weighted by atomic mass is 35.5. The van der Waals surface area contributed by atoms with Crippen LogP contribution in [0.4, 0.5) is 0 Å². The summed E-state index contributed by atoms with van der Waals surface area (Å²) in [6.07, 6.45) is -5.07. The summed E-state index contributed by atoms with van der Waals surface area (Å²) in [6, 6.07) is 15.3. The lowest BCUT2D eigenvalue weighted by atomic mass is 9.96. The minimum Gasteiger partial charge on any atom is -0.394 e. The molecule has 1 saturated heterocycles. The van der Waals surface area contributed by atoms with E-state index < -0.39 is 43.1 Å². The maximum Gasteiger partial charge on any atom is 0.217 e. The minimum absolute atomic E-state index is 0.205. The average Bonchev–Trinajstić information content (AvgIpc) is 3.14. The molecule has 5 atom stereocenters. The van der Waals surface area contributed by atoms with Gasteiger partial charge in [0.05, 0.1) is 11.6 Å². The van der Waals surface area contributed by atoms with E-state index in [1.54, 1.807) is 22.8 Å². The van der Waals surface area contributed by atoms with Gasteiger partial charge in [0.25, 0.3) is 0 Å². The number of hydrogen-bond donors (Lipinski definition) is 4. The van der Waals surface area contributed by atoms with Gasteiger partial charge < -0.3 is 25.4 Å². The van der Waals surface area contributed by atoms with E-state index >= 15 is 0 Å². The van der Waals surface area contributed by atoms with Crippen LogP contribution in [0.1, 0.15) is 13.2 Å². The van der Waals surface area contributed by atoms with Gasteiger partial charge in [-0.1, -0.05) is 41.9 Å². The van der Waals surface area contributed by atoms with Crippen molar-refractivity contribution < 1.29 is 24.9 Å². The second-order valence-electron chi connectivity index (χ2n) is 7.66. The number of nitrogens with one attached hydrogen (secondary N) is 1. The first kappa shape index (κ1) is 23.6. The first-order valence-electron chi connectivity index (χ1n) is 10.2. The molecule has 3 aromatic rings. The van der Waals surface area contributed by atoms with Crippen LogP contribution in [0.3, 0.4) is 0 Å². The van der Waals surface area contributed by atoms with Crippen molar-refractivity contribution in [3.8, 4) is 17.1 Å². The van der Waals surface area contributed by atoms with Crippen LogP contribution < -0.4 is 5.32 Å². The van der Waals surface area contributed by atoms with Gasteiger partial charge in [-0.25, -0.2) is 4.68 Å². The molecule has 1 aromatic heterocycles. The molecule has 4 rings (SSSR count). The highest BCUT2D eigenvalue weighted by Gasteiger charge is 2.46. The van der Waals surface area contributed by atoms with E-state index in [2.05, 4.69) is 10.4 Å². The van der Waals surface area contributed by atoms with Gasteiger partial charge in [0.15, 0.2) is 12.1 Å². The van der Waals surface area contributed by atoms with Gasteiger partial charge in [-0.05, 0) is 36.5 Å². The lowest BCUT2D eigenvalue weighted by molar-refractivity contribution is -0.219. The number of amides is 1. The summed E-state index contributed by atoms with van der Waals surface area (Å²) in [5.74, 6) is -0.0224. The van der Waals surface area contributed by atoms with Crippen LogP contribution in [-0.4, -0.2) is 66.5 Å². The van der Waals surface area contributed by atoms with Crippen molar-refractivity contribution in [3.05, 3.63) is 64.4 Å². The number of ether oxygens (including phenoxy) is 1. The number of halogens is 1. The summed E-state index contributed by atoms with van der Waals surface area (Å²) in [4.78, 5) is 11.8. The zero-order chi connectivity index (χ0) is 23.7. The number of hydrogen-bond acceptors (Lipinski definition) is 7. The Hall–Kier alpha value is -2.60. The Bertz CT molecular complexity index is 1200. The molecule has 2 heterocycles. The molecule has 174 valence electrons. The summed E-state index contributed by atoms with van der Waals surface area (Å²) >= 11 is 12.2. The lowest BCUT2D eigenvalue weighted by Gasteiger charge is -2.42. The van der Waals surface area contributed by atoms with Gasteiger partial charge in [0, 0.05) is 18.2 Å².